The highest BCUT2D eigenvalue weighted by Crippen LogP contribution is 2.45. The Morgan fingerprint density at radius 1 is 0.833 bits per heavy atom. The van der Waals surface area contributed by atoms with E-state index in [0.717, 1.165) is 18.3 Å². The average Bonchev–Trinajstić information content (AvgIpc) is 2.64. The van der Waals surface area contributed by atoms with Gasteiger partial charge in [0, 0.05) is 0 Å². The lowest BCUT2D eigenvalue weighted by Crippen LogP contribution is -2.32. The van der Waals surface area contributed by atoms with E-state index in [-0.39, 0.29) is 0 Å². The van der Waals surface area contributed by atoms with E-state index >= 15 is 0 Å². The van der Waals surface area contributed by atoms with Gasteiger partial charge in [-0.2, -0.15) is 0 Å². The highest BCUT2D eigenvalue weighted by Gasteiger charge is 2.36. The van der Waals surface area contributed by atoms with E-state index in [0.29, 0.717) is 0 Å². The van der Waals surface area contributed by atoms with E-state index < -0.39 is 0 Å². The van der Waals surface area contributed by atoms with Gasteiger partial charge in [-0.1, -0.05) is 114 Å². The Morgan fingerprint density at radius 3 is 1.88 bits per heavy atom. The van der Waals surface area contributed by atoms with Gasteiger partial charge in [0.2, 0.25) is 0 Å². The molecule has 2 saturated carbocycles. The molecule has 0 N–H and O–H groups in total. The molecule has 0 heterocycles. The quantitative estimate of drug-likeness (QED) is 0.282. The van der Waals surface area contributed by atoms with E-state index in [4.69, 9.17) is 0 Å². The first-order chi connectivity index (χ1) is 11.9. The van der Waals surface area contributed by atoms with Crippen LogP contribution in [0.15, 0.2) is 10.9 Å². The van der Waals surface area contributed by atoms with Gasteiger partial charge in [0.25, 0.3) is 0 Å². The van der Waals surface area contributed by atoms with Crippen LogP contribution in [-0.2, 0) is 0 Å². The molecule has 0 atom stereocenters. The molecule has 0 aromatic carbocycles. The Labute approximate surface area is 157 Å². The summed E-state index contributed by atoms with van der Waals surface area (Å²) in [6.45, 7) is 5.61. The Morgan fingerprint density at radius 2 is 1.38 bits per heavy atom. The van der Waals surface area contributed by atoms with Crippen LogP contribution in [0.1, 0.15) is 110 Å². The highest BCUT2D eigenvalue weighted by atomic mass is 32.2. The largest absolute Gasteiger partial charge is 0.177 e. The Hall–Kier alpha value is 0.155. The molecule has 0 spiro atoms. The van der Waals surface area contributed by atoms with Crippen molar-refractivity contribution in [3.05, 3.63) is 10.9 Å². The molecule has 0 radical (unpaired) electrons. The summed E-state index contributed by atoms with van der Waals surface area (Å²) >= 11 is 2.13. The second-order valence-electron chi connectivity index (χ2n) is 8.34. The molecular formula is C22H41BS. The molecule has 0 nitrogen and oxygen atoms in total. The first-order valence-corrected chi connectivity index (χ1v) is 12.2. The van der Waals surface area contributed by atoms with Crippen molar-refractivity contribution in [2.75, 3.05) is 5.75 Å². The molecule has 0 bridgehead atoms. The van der Waals surface area contributed by atoms with Crippen molar-refractivity contribution in [2.24, 2.45) is 0 Å². The lowest BCUT2D eigenvalue weighted by Gasteiger charge is -2.37. The zero-order valence-electron chi connectivity index (χ0n) is 16.5. The lowest BCUT2D eigenvalue weighted by molar-refractivity contribution is 0.462. The van der Waals surface area contributed by atoms with E-state index in [1.165, 1.54) is 102 Å². The maximum absolute atomic E-state index is 2.65. The Bertz CT molecular complexity index is 322. The fraction of sp³-hybridized carbons (Fsp3) is 0.909. The van der Waals surface area contributed by atoms with Gasteiger partial charge in [-0.15, -0.1) is 11.8 Å². The number of unbranched alkanes of at least 4 members (excludes halogenated alkanes) is 2. The molecule has 0 aromatic rings. The van der Waals surface area contributed by atoms with Crippen molar-refractivity contribution in [3.8, 4) is 0 Å². The number of rotatable bonds is 10. The van der Waals surface area contributed by atoms with Crippen LogP contribution in [0.5, 0.6) is 0 Å². The molecule has 2 heteroatoms. The third-order valence-corrected chi connectivity index (χ3v) is 7.41. The van der Waals surface area contributed by atoms with Gasteiger partial charge in [0.1, 0.15) is 0 Å². The summed E-state index contributed by atoms with van der Waals surface area (Å²) in [5.41, 5.74) is 1.87. The second-order valence-corrected chi connectivity index (χ2v) is 9.32. The van der Waals surface area contributed by atoms with Gasteiger partial charge in [-0.25, -0.2) is 0 Å². The van der Waals surface area contributed by atoms with Crippen molar-refractivity contribution >= 4 is 18.5 Å². The van der Waals surface area contributed by atoms with Crippen molar-refractivity contribution < 1.29 is 0 Å². The summed E-state index contributed by atoms with van der Waals surface area (Å²) in [6, 6.07) is 0. The van der Waals surface area contributed by atoms with Crippen molar-refractivity contribution in [2.45, 2.75) is 122 Å². The normalized spacial score (nSPS) is 21.2. The van der Waals surface area contributed by atoms with Gasteiger partial charge in [-0.05, 0) is 24.0 Å². The molecule has 2 aliphatic carbocycles. The summed E-state index contributed by atoms with van der Waals surface area (Å²) in [7, 11) is 0. The topological polar surface area (TPSA) is 0 Å². The molecule has 0 unspecified atom stereocenters. The zero-order valence-corrected chi connectivity index (χ0v) is 17.3. The second kappa shape index (κ2) is 12.5. The van der Waals surface area contributed by atoms with Crippen molar-refractivity contribution in [3.63, 3.8) is 0 Å². The van der Waals surface area contributed by atoms with E-state index in [1.807, 2.05) is 5.47 Å². The van der Waals surface area contributed by atoms with Crippen LogP contribution in [0.3, 0.4) is 0 Å². The number of allylic oxidation sites excluding steroid dienone is 1. The Kier molecular flexibility index (Phi) is 10.7. The van der Waals surface area contributed by atoms with Crippen molar-refractivity contribution in [1.29, 1.82) is 0 Å². The molecule has 0 aliphatic heterocycles. The molecule has 2 aliphatic rings. The van der Waals surface area contributed by atoms with E-state index in [2.05, 4.69) is 31.0 Å². The maximum Gasteiger partial charge on any atom is 0.177 e. The summed E-state index contributed by atoms with van der Waals surface area (Å²) < 4.78 is 0. The highest BCUT2D eigenvalue weighted by molar-refractivity contribution is 8.02. The fourth-order valence-electron chi connectivity index (χ4n) is 5.06. The molecule has 24 heavy (non-hydrogen) atoms. The number of hydrogen-bond donors (Lipinski definition) is 0. The molecule has 0 aromatic heterocycles. The first kappa shape index (κ1) is 20.5. The lowest BCUT2D eigenvalue weighted by atomic mass is 9.27. The average molecular weight is 348 g/mol. The predicted octanol–water partition coefficient (Wildman–Crippen LogP) is 8.30. The summed E-state index contributed by atoms with van der Waals surface area (Å²) in [5, 5.41) is 2.65. The minimum atomic E-state index is 0.936. The van der Waals surface area contributed by atoms with Gasteiger partial charge in [0.15, 0.2) is 6.71 Å². The predicted molar refractivity (Wildman–Crippen MR) is 114 cm³/mol. The van der Waals surface area contributed by atoms with Crippen LogP contribution >= 0.6 is 11.8 Å². The van der Waals surface area contributed by atoms with Crippen LogP contribution in [0, 0.1) is 0 Å². The van der Waals surface area contributed by atoms with Crippen LogP contribution in [0.25, 0.3) is 0 Å². The smallest absolute Gasteiger partial charge is 0.135 e. The van der Waals surface area contributed by atoms with E-state index in [1.54, 1.807) is 0 Å². The standard InChI is InChI=1S/C22H41BS/c1-3-5-13-22(19-24-18-6-4-2)23(20-14-9-7-10-15-20)21-16-11-8-12-17-21/h19-21H,3-18H2,1-2H3/b22-19+. The summed E-state index contributed by atoms with van der Waals surface area (Å²) in [4.78, 5) is 0. The van der Waals surface area contributed by atoms with Gasteiger partial charge in [0.05, 0.1) is 0 Å². The third-order valence-electron chi connectivity index (χ3n) is 6.41. The van der Waals surface area contributed by atoms with E-state index in [9.17, 15) is 0 Å². The minimum absolute atomic E-state index is 0.936. The first-order valence-electron chi connectivity index (χ1n) is 11.2. The van der Waals surface area contributed by atoms with Crippen molar-refractivity contribution in [1.82, 2.24) is 0 Å². The van der Waals surface area contributed by atoms with Gasteiger partial charge in [-0.3, -0.25) is 0 Å². The minimum Gasteiger partial charge on any atom is -0.135 e. The van der Waals surface area contributed by atoms with Crippen LogP contribution < -0.4 is 0 Å². The molecule has 2 rings (SSSR count). The number of hydrogen-bond acceptors (Lipinski definition) is 1. The maximum atomic E-state index is 2.65. The van der Waals surface area contributed by atoms with Crippen LogP contribution in [-0.4, -0.2) is 12.5 Å². The molecule has 2 fully saturated rings. The molecular weight excluding hydrogens is 307 g/mol. The fourth-order valence-corrected chi connectivity index (χ4v) is 6.12. The number of thioether (sulfide) groups is 1. The SMILES string of the molecule is CCCCS/C=C(\CCCC)B(C1CCCCC1)C1CCCCC1. The van der Waals surface area contributed by atoms with Crippen LogP contribution in [0.4, 0.5) is 0 Å². The van der Waals surface area contributed by atoms with Crippen LogP contribution in [0.2, 0.25) is 11.6 Å². The molecule has 138 valence electrons. The van der Waals surface area contributed by atoms with Gasteiger partial charge >= 0.3 is 0 Å². The zero-order chi connectivity index (χ0) is 17.0. The third kappa shape index (κ3) is 6.81. The summed E-state index contributed by atoms with van der Waals surface area (Å²) in [6.07, 6.45) is 21.9. The van der Waals surface area contributed by atoms with Gasteiger partial charge < -0.3 is 0 Å². The summed E-state index contributed by atoms with van der Waals surface area (Å²) in [5.74, 6) is 3.35. The Balaban J connectivity index is 2.10. The monoisotopic (exact) mass is 348 g/mol. The molecule has 0 saturated heterocycles. The molecule has 0 amide bonds.